The summed E-state index contributed by atoms with van der Waals surface area (Å²) < 4.78 is 0. The molecule has 112 valence electrons. The molecule has 0 spiro atoms. The topological polar surface area (TPSA) is 91.0 Å². The summed E-state index contributed by atoms with van der Waals surface area (Å²) >= 11 is 0. The molecular formula is C13H28N4O2. The Labute approximate surface area is 116 Å². The number of nitrogens with zero attached hydrogens (tertiary/aromatic N) is 2. The van der Waals surface area contributed by atoms with Gasteiger partial charge in [-0.25, -0.2) is 0 Å². The number of likely N-dealkylation sites (N-methyl/N-ethyl adjacent to an activating group) is 1. The lowest BCUT2D eigenvalue weighted by Gasteiger charge is -2.27. The third kappa shape index (κ3) is 4.70. The molecule has 0 fully saturated rings. The molecule has 6 nitrogen and oxygen atoms in total. The van der Waals surface area contributed by atoms with E-state index in [2.05, 4.69) is 29.2 Å². The number of amidine groups is 1. The molecule has 4 N–H and O–H groups in total. The Morgan fingerprint density at radius 3 is 2.53 bits per heavy atom. The van der Waals surface area contributed by atoms with Gasteiger partial charge in [-0.15, -0.1) is 0 Å². The Kier molecular flexibility index (Phi) is 7.44. The number of carbonyl (C=O) groups is 1. The van der Waals surface area contributed by atoms with Crippen molar-refractivity contribution in [3.05, 3.63) is 0 Å². The van der Waals surface area contributed by atoms with Crippen LogP contribution >= 0.6 is 0 Å². The molecule has 0 rings (SSSR count). The van der Waals surface area contributed by atoms with Gasteiger partial charge in [-0.2, -0.15) is 0 Å². The van der Waals surface area contributed by atoms with Crippen molar-refractivity contribution in [3.63, 3.8) is 0 Å². The second-order valence-electron chi connectivity index (χ2n) is 5.16. The van der Waals surface area contributed by atoms with Crippen LogP contribution in [0.4, 0.5) is 0 Å². The van der Waals surface area contributed by atoms with Gasteiger partial charge >= 0.3 is 0 Å². The number of amides is 1. The Morgan fingerprint density at radius 2 is 2.11 bits per heavy atom. The molecule has 2 atom stereocenters. The first-order chi connectivity index (χ1) is 8.83. The number of hydrogen-bond donors (Lipinski definition) is 3. The molecule has 0 saturated carbocycles. The van der Waals surface area contributed by atoms with Gasteiger partial charge < -0.3 is 21.2 Å². The highest BCUT2D eigenvalue weighted by atomic mass is 16.4. The van der Waals surface area contributed by atoms with Crippen LogP contribution in [-0.4, -0.2) is 48.0 Å². The first kappa shape index (κ1) is 17.7. The molecule has 0 aliphatic carbocycles. The average Bonchev–Trinajstić information content (AvgIpc) is 2.43. The number of nitrogens with two attached hydrogens (primary N) is 1. The number of rotatable bonds is 8. The lowest BCUT2D eigenvalue weighted by molar-refractivity contribution is -0.127. The first-order valence-electron chi connectivity index (χ1n) is 6.79. The molecule has 19 heavy (non-hydrogen) atoms. The van der Waals surface area contributed by atoms with Gasteiger partial charge in [0.2, 0.25) is 5.91 Å². The summed E-state index contributed by atoms with van der Waals surface area (Å²) in [6.07, 6.45) is 1.55. The van der Waals surface area contributed by atoms with E-state index in [1.807, 2.05) is 14.0 Å². The van der Waals surface area contributed by atoms with Crippen molar-refractivity contribution in [2.75, 3.05) is 20.1 Å². The van der Waals surface area contributed by atoms with E-state index in [0.29, 0.717) is 19.0 Å². The highest BCUT2D eigenvalue weighted by molar-refractivity contribution is 6.06. The predicted molar refractivity (Wildman–Crippen MR) is 77.2 cm³/mol. The molecule has 0 aromatic rings. The van der Waals surface area contributed by atoms with Crippen LogP contribution in [0, 0.1) is 5.41 Å². The lowest BCUT2D eigenvalue weighted by atomic mass is 9.85. The van der Waals surface area contributed by atoms with Crippen LogP contribution in [0.1, 0.15) is 40.5 Å². The van der Waals surface area contributed by atoms with Crippen molar-refractivity contribution in [3.8, 4) is 0 Å². The molecule has 0 heterocycles. The molecule has 2 unspecified atom stereocenters. The van der Waals surface area contributed by atoms with Crippen LogP contribution < -0.4 is 11.1 Å². The van der Waals surface area contributed by atoms with Crippen LogP contribution in [0.3, 0.4) is 0 Å². The minimum atomic E-state index is -0.955. The van der Waals surface area contributed by atoms with Crippen molar-refractivity contribution in [1.82, 2.24) is 10.2 Å². The Hall–Kier alpha value is -1.30. The molecule has 0 aliphatic rings. The second kappa shape index (κ2) is 7.99. The summed E-state index contributed by atoms with van der Waals surface area (Å²) in [5.74, 6) is -0.259. The summed E-state index contributed by atoms with van der Waals surface area (Å²) in [7, 11) is 2.03. The number of hydrogen-bond acceptors (Lipinski definition) is 4. The third-order valence-electron chi connectivity index (χ3n) is 3.97. The zero-order valence-corrected chi connectivity index (χ0v) is 12.7. The smallest absolute Gasteiger partial charge is 0.233 e. The van der Waals surface area contributed by atoms with E-state index in [0.717, 1.165) is 13.0 Å². The molecule has 0 aromatic heterocycles. The molecular weight excluding hydrogens is 244 g/mol. The van der Waals surface area contributed by atoms with Crippen molar-refractivity contribution in [2.24, 2.45) is 16.3 Å². The average molecular weight is 272 g/mol. The van der Waals surface area contributed by atoms with E-state index in [-0.39, 0.29) is 11.7 Å². The summed E-state index contributed by atoms with van der Waals surface area (Å²) in [4.78, 5) is 14.3. The molecule has 0 bridgehead atoms. The van der Waals surface area contributed by atoms with E-state index in [9.17, 15) is 4.79 Å². The van der Waals surface area contributed by atoms with Gasteiger partial charge in [0.1, 0.15) is 5.41 Å². The van der Waals surface area contributed by atoms with E-state index >= 15 is 0 Å². The van der Waals surface area contributed by atoms with Gasteiger partial charge in [-0.05, 0) is 33.7 Å². The Morgan fingerprint density at radius 1 is 1.53 bits per heavy atom. The van der Waals surface area contributed by atoms with E-state index < -0.39 is 5.41 Å². The Bertz CT molecular complexity index is 320. The SMILES string of the molecule is CCC(C)N(C)CCNC(=O)C(C)(CC)C(N)=NO. The highest BCUT2D eigenvalue weighted by Gasteiger charge is 2.36. The van der Waals surface area contributed by atoms with Crippen LogP contribution in [-0.2, 0) is 4.79 Å². The van der Waals surface area contributed by atoms with Crippen LogP contribution in [0.25, 0.3) is 0 Å². The zero-order chi connectivity index (χ0) is 15.1. The molecule has 0 aromatic carbocycles. The first-order valence-corrected chi connectivity index (χ1v) is 6.79. The standard InChI is InChI=1S/C13H28N4O2/c1-6-10(3)17(5)9-8-15-12(18)13(4,7-2)11(14)16-19/h10,19H,6-9H2,1-5H3,(H2,14,16)(H,15,18). The van der Waals surface area contributed by atoms with E-state index in [4.69, 9.17) is 10.9 Å². The Balaban J connectivity index is 4.38. The molecule has 6 heteroatoms. The van der Waals surface area contributed by atoms with Gasteiger partial charge in [-0.3, -0.25) is 4.79 Å². The van der Waals surface area contributed by atoms with E-state index in [1.165, 1.54) is 0 Å². The number of nitrogens with one attached hydrogen (secondary N) is 1. The molecule has 0 saturated heterocycles. The van der Waals surface area contributed by atoms with Crippen LogP contribution in [0.5, 0.6) is 0 Å². The van der Waals surface area contributed by atoms with Gasteiger partial charge in [0.25, 0.3) is 0 Å². The minimum absolute atomic E-state index is 0.0530. The third-order valence-corrected chi connectivity index (χ3v) is 3.97. The fourth-order valence-corrected chi connectivity index (χ4v) is 1.64. The maximum atomic E-state index is 12.1. The fourth-order valence-electron chi connectivity index (χ4n) is 1.64. The minimum Gasteiger partial charge on any atom is -0.409 e. The van der Waals surface area contributed by atoms with Crippen LogP contribution in [0.2, 0.25) is 0 Å². The van der Waals surface area contributed by atoms with E-state index in [1.54, 1.807) is 6.92 Å². The highest BCUT2D eigenvalue weighted by Crippen LogP contribution is 2.21. The monoisotopic (exact) mass is 272 g/mol. The lowest BCUT2D eigenvalue weighted by Crippen LogP contribution is -2.49. The van der Waals surface area contributed by atoms with Crippen molar-refractivity contribution < 1.29 is 10.0 Å². The number of carbonyl (C=O) groups excluding carboxylic acids is 1. The molecule has 0 aliphatic heterocycles. The summed E-state index contributed by atoms with van der Waals surface area (Å²) in [5, 5.41) is 14.6. The zero-order valence-electron chi connectivity index (χ0n) is 12.7. The van der Waals surface area contributed by atoms with Gasteiger partial charge in [0.15, 0.2) is 5.84 Å². The quantitative estimate of drug-likeness (QED) is 0.266. The summed E-state index contributed by atoms with van der Waals surface area (Å²) in [5.41, 5.74) is 4.64. The van der Waals surface area contributed by atoms with Crippen molar-refractivity contribution in [2.45, 2.75) is 46.6 Å². The normalized spacial score (nSPS) is 17.1. The summed E-state index contributed by atoms with van der Waals surface area (Å²) in [6.45, 7) is 9.12. The van der Waals surface area contributed by atoms with Gasteiger partial charge in [0, 0.05) is 19.1 Å². The fraction of sp³-hybridized carbons (Fsp3) is 0.846. The molecule has 0 radical (unpaired) electrons. The number of oxime groups is 1. The summed E-state index contributed by atoms with van der Waals surface area (Å²) in [6, 6.07) is 0.485. The largest absolute Gasteiger partial charge is 0.409 e. The van der Waals surface area contributed by atoms with Gasteiger partial charge in [-0.1, -0.05) is 19.0 Å². The van der Waals surface area contributed by atoms with Crippen LogP contribution in [0.15, 0.2) is 5.16 Å². The molecule has 1 amide bonds. The second-order valence-corrected chi connectivity index (χ2v) is 5.16. The van der Waals surface area contributed by atoms with Crippen molar-refractivity contribution in [1.29, 1.82) is 0 Å². The maximum Gasteiger partial charge on any atom is 0.233 e. The maximum absolute atomic E-state index is 12.1. The van der Waals surface area contributed by atoms with Gasteiger partial charge in [0.05, 0.1) is 0 Å². The predicted octanol–water partition coefficient (Wildman–Crippen LogP) is 0.996. The van der Waals surface area contributed by atoms with Crippen molar-refractivity contribution >= 4 is 11.7 Å².